The maximum absolute atomic E-state index is 11.3. The molecule has 3 N–H and O–H groups in total. The van der Waals surface area contributed by atoms with Crippen LogP contribution in [0.2, 0.25) is 0 Å². The summed E-state index contributed by atoms with van der Waals surface area (Å²) >= 11 is 1.35. The zero-order valence-electron chi connectivity index (χ0n) is 10.8. The van der Waals surface area contributed by atoms with Gasteiger partial charge in [-0.1, -0.05) is 11.8 Å². The summed E-state index contributed by atoms with van der Waals surface area (Å²) in [5, 5.41) is 10.3. The number of benzene rings is 1. The fourth-order valence-electron chi connectivity index (χ4n) is 1.91. The Bertz CT molecular complexity index is 869. The predicted molar refractivity (Wildman–Crippen MR) is 79.8 cm³/mol. The van der Waals surface area contributed by atoms with E-state index in [1.165, 1.54) is 24.0 Å². The molecule has 0 aliphatic heterocycles. The van der Waals surface area contributed by atoms with Gasteiger partial charge >= 0.3 is 0 Å². The Labute approximate surface area is 123 Å². The van der Waals surface area contributed by atoms with Crippen molar-refractivity contribution >= 4 is 29.1 Å². The maximum atomic E-state index is 11.3. The van der Waals surface area contributed by atoms with Crippen LogP contribution >= 0.6 is 11.8 Å². The predicted octanol–water partition coefficient (Wildman–Crippen LogP) is 2.06. The minimum atomic E-state index is -0.412. The average molecular weight is 301 g/mol. The number of fused-ring (bicyclic) bond motifs is 1. The third kappa shape index (κ3) is 2.68. The molecule has 0 aliphatic carbocycles. The molecule has 0 spiro atoms. The maximum Gasteiger partial charge on any atom is 0.223 e. The summed E-state index contributed by atoms with van der Waals surface area (Å²) in [6, 6.07) is 6.46. The van der Waals surface area contributed by atoms with Gasteiger partial charge in [0.05, 0.1) is 16.7 Å². The molecule has 7 heteroatoms. The molecule has 6 nitrogen and oxygen atoms in total. The highest BCUT2D eigenvalue weighted by Gasteiger charge is 2.08. The van der Waals surface area contributed by atoms with Crippen molar-refractivity contribution in [2.45, 2.75) is 10.9 Å². The largest absolute Gasteiger partial charge is 0.503 e. The lowest BCUT2D eigenvalue weighted by Gasteiger charge is -2.01. The van der Waals surface area contributed by atoms with Gasteiger partial charge in [-0.15, -0.1) is 0 Å². The molecular weight excluding hydrogens is 290 g/mol. The number of aldehydes is 1. The Hall–Kier alpha value is -2.54. The van der Waals surface area contributed by atoms with Crippen molar-refractivity contribution in [2.24, 2.45) is 0 Å². The Morgan fingerprint density at radius 2 is 2.19 bits per heavy atom. The molecule has 0 bridgehead atoms. The van der Waals surface area contributed by atoms with Crippen molar-refractivity contribution in [3.8, 4) is 5.75 Å². The minimum Gasteiger partial charge on any atom is -0.503 e. The zero-order valence-corrected chi connectivity index (χ0v) is 11.6. The Morgan fingerprint density at radius 3 is 3.00 bits per heavy atom. The molecule has 21 heavy (non-hydrogen) atoms. The summed E-state index contributed by atoms with van der Waals surface area (Å²) in [6.07, 6.45) is 2.27. The first kappa shape index (κ1) is 13.4. The second kappa shape index (κ2) is 5.45. The molecule has 0 radical (unpaired) electrons. The molecular formula is C14H11N3O3S. The van der Waals surface area contributed by atoms with E-state index in [1.807, 2.05) is 0 Å². The van der Waals surface area contributed by atoms with Crippen LogP contribution in [0, 0.1) is 0 Å². The van der Waals surface area contributed by atoms with Gasteiger partial charge < -0.3 is 15.1 Å². The third-order valence-corrected chi connectivity index (χ3v) is 3.88. The molecule has 106 valence electrons. The van der Waals surface area contributed by atoms with Crippen LogP contribution in [0.25, 0.3) is 11.0 Å². The molecule has 0 aliphatic rings. The van der Waals surface area contributed by atoms with Crippen molar-refractivity contribution in [3.63, 3.8) is 0 Å². The lowest BCUT2D eigenvalue weighted by Crippen LogP contribution is -2.02. The Morgan fingerprint density at radius 1 is 1.33 bits per heavy atom. The number of H-pyrrole nitrogens is 2. The van der Waals surface area contributed by atoms with Crippen molar-refractivity contribution in [3.05, 3.63) is 51.9 Å². The first-order valence-corrected chi connectivity index (χ1v) is 7.13. The van der Waals surface area contributed by atoms with Crippen molar-refractivity contribution in [1.29, 1.82) is 0 Å². The van der Waals surface area contributed by atoms with Crippen LogP contribution in [-0.2, 0) is 5.75 Å². The molecule has 2 aromatic heterocycles. The number of nitrogens with zero attached hydrogens (tertiary/aromatic N) is 1. The third-order valence-electron chi connectivity index (χ3n) is 2.99. The summed E-state index contributed by atoms with van der Waals surface area (Å²) in [6.45, 7) is 0. The number of carbonyl (C=O) groups excluding carboxylic acids is 1. The van der Waals surface area contributed by atoms with E-state index >= 15 is 0 Å². The van der Waals surface area contributed by atoms with E-state index in [9.17, 15) is 14.7 Å². The van der Waals surface area contributed by atoms with E-state index in [-0.39, 0.29) is 5.75 Å². The van der Waals surface area contributed by atoms with Crippen LogP contribution in [0.5, 0.6) is 5.75 Å². The van der Waals surface area contributed by atoms with Crippen molar-refractivity contribution in [2.75, 3.05) is 0 Å². The highest BCUT2D eigenvalue weighted by Crippen LogP contribution is 2.24. The van der Waals surface area contributed by atoms with Gasteiger partial charge in [0.25, 0.3) is 0 Å². The van der Waals surface area contributed by atoms with E-state index in [1.54, 1.807) is 18.2 Å². The van der Waals surface area contributed by atoms with E-state index < -0.39 is 5.43 Å². The summed E-state index contributed by atoms with van der Waals surface area (Å²) in [4.78, 5) is 32.4. The number of nitrogens with one attached hydrogen (secondary N) is 2. The van der Waals surface area contributed by atoms with Gasteiger partial charge in [0.15, 0.2) is 10.9 Å². The molecule has 0 saturated heterocycles. The number of thioether (sulfide) groups is 1. The molecule has 3 rings (SSSR count). The Kier molecular flexibility index (Phi) is 3.49. The highest BCUT2D eigenvalue weighted by molar-refractivity contribution is 7.98. The lowest BCUT2D eigenvalue weighted by atomic mass is 10.2. The molecule has 2 heterocycles. The number of hydrogen-bond acceptors (Lipinski definition) is 5. The lowest BCUT2D eigenvalue weighted by molar-refractivity contribution is 0.112. The van der Waals surface area contributed by atoms with Gasteiger partial charge in [-0.2, -0.15) is 0 Å². The monoisotopic (exact) mass is 301 g/mol. The van der Waals surface area contributed by atoms with E-state index in [0.29, 0.717) is 22.2 Å². The second-order valence-corrected chi connectivity index (χ2v) is 5.36. The van der Waals surface area contributed by atoms with Gasteiger partial charge in [-0.25, -0.2) is 4.98 Å². The van der Waals surface area contributed by atoms with Gasteiger partial charge in [0.1, 0.15) is 6.29 Å². The molecule has 0 amide bonds. The smallest absolute Gasteiger partial charge is 0.223 e. The number of aromatic amines is 2. The summed E-state index contributed by atoms with van der Waals surface area (Å²) in [5.41, 5.74) is 2.14. The second-order valence-electron chi connectivity index (χ2n) is 4.39. The van der Waals surface area contributed by atoms with Crippen molar-refractivity contribution in [1.82, 2.24) is 15.0 Å². The molecule has 0 saturated carbocycles. The molecule has 0 unspecified atom stereocenters. The molecule has 1 aromatic carbocycles. The van der Waals surface area contributed by atoms with Crippen LogP contribution in [-0.4, -0.2) is 26.3 Å². The van der Waals surface area contributed by atoms with Crippen LogP contribution < -0.4 is 5.43 Å². The fourth-order valence-corrected chi connectivity index (χ4v) is 2.76. The fraction of sp³-hybridized carbons (Fsp3) is 0.0714. The molecule has 3 aromatic rings. The summed E-state index contributed by atoms with van der Waals surface area (Å²) < 4.78 is 0. The minimum absolute atomic E-state index is 0.274. The van der Waals surface area contributed by atoms with E-state index in [0.717, 1.165) is 17.3 Å². The number of hydrogen-bond donors (Lipinski definition) is 3. The van der Waals surface area contributed by atoms with Crippen LogP contribution in [0.15, 0.2) is 40.4 Å². The molecule has 0 fully saturated rings. The van der Waals surface area contributed by atoms with Gasteiger partial charge in [0, 0.05) is 23.6 Å². The summed E-state index contributed by atoms with van der Waals surface area (Å²) in [5.74, 6) is 0.104. The van der Waals surface area contributed by atoms with Crippen LogP contribution in [0.4, 0.5) is 0 Å². The first-order chi connectivity index (χ1) is 10.2. The Balaban J connectivity index is 1.83. The number of rotatable bonds is 4. The SMILES string of the molecule is O=Cc1ccc2nc(SCc3[nH]ccc(=O)c3O)[nH]c2c1. The number of imidazole rings is 1. The first-order valence-electron chi connectivity index (χ1n) is 6.14. The van der Waals surface area contributed by atoms with Gasteiger partial charge in [0.2, 0.25) is 5.43 Å². The zero-order chi connectivity index (χ0) is 14.8. The van der Waals surface area contributed by atoms with Crippen molar-refractivity contribution < 1.29 is 9.90 Å². The highest BCUT2D eigenvalue weighted by atomic mass is 32.2. The number of carbonyl (C=O) groups is 1. The van der Waals surface area contributed by atoms with E-state index in [4.69, 9.17) is 0 Å². The topological polar surface area (TPSA) is 98.8 Å². The quantitative estimate of drug-likeness (QED) is 0.506. The number of pyridine rings is 1. The summed E-state index contributed by atoms with van der Waals surface area (Å²) in [7, 11) is 0. The number of aromatic nitrogens is 3. The number of aromatic hydroxyl groups is 1. The van der Waals surface area contributed by atoms with E-state index in [2.05, 4.69) is 15.0 Å². The molecule has 0 atom stereocenters. The van der Waals surface area contributed by atoms with Crippen LogP contribution in [0.3, 0.4) is 0 Å². The average Bonchev–Trinajstić information content (AvgIpc) is 2.90. The van der Waals surface area contributed by atoms with Gasteiger partial charge in [-0.3, -0.25) is 9.59 Å². The van der Waals surface area contributed by atoms with Gasteiger partial charge in [-0.05, 0) is 18.2 Å². The van der Waals surface area contributed by atoms with Crippen LogP contribution in [0.1, 0.15) is 16.1 Å². The standard InChI is InChI=1S/C14H11N3O3S/c18-6-8-1-2-9-10(5-8)17-14(16-9)21-7-11-13(20)12(19)3-4-15-11/h1-6,20H,7H2,(H,15,19)(H,16,17). The normalized spacial score (nSPS) is 10.9.